The summed E-state index contributed by atoms with van der Waals surface area (Å²) in [5.74, 6) is 1.07. The van der Waals surface area contributed by atoms with Crippen molar-refractivity contribution in [1.29, 1.82) is 0 Å². The van der Waals surface area contributed by atoms with Gasteiger partial charge in [-0.3, -0.25) is 9.59 Å². The lowest BCUT2D eigenvalue weighted by Gasteiger charge is -2.10. The normalized spacial score (nSPS) is 11.8. The fourth-order valence-electron chi connectivity index (χ4n) is 3.30. The van der Waals surface area contributed by atoms with Crippen LogP contribution in [0.25, 0.3) is 10.8 Å². The average Bonchev–Trinajstić information content (AvgIpc) is 3.06. The van der Waals surface area contributed by atoms with E-state index in [-0.39, 0.29) is 11.3 Å². The molecular formula is C22H26N4O3. The number of benzene rings is 1. The van der Waals surface area contributed by atoms with Gasteiger partial charge in [0.05, 0.1) is 11.1 Å². The number of furan rings is 1. The van der Waals surface area contributed by atoms with E-state index in [0.29, 0.717) is 23.0 Å². The lowest BCUT2D eigenvalue weighted by Crippen LogP contribution is -2.29. The molecule has 0 bridgehead atoms. The van der Waals surface area contributed by atoms with E-state index >= 15 is 0 Å². The fraction of sp³-hybridized carbons (Fsp3) is 0.364. The number of aryl methyl sites for hydroxylation is 3. The van der Waals surface area contributed by atoms with Crippen molar-refractivity contribution < 1.29 is 9.21 Å². The van der Waals surface area contributed by atoms with Crippen LogP contribution in [0.5, 0.6) is 0 Å². The molecule has 2 heterocycles. The number of hydrogen-bond donors (Lipinski definition) is 1. The van der Waals surface area contributed by atoms with E-state index in [0.717, 1.165) is 36.3 Å². The maximum atomic E-state index is 12.9. The summed E-state index contributed by atoms with van der Waals surface area (Å²) in [6.07, 6.45) is 2.87. The van der Waals surface area contributed by atoms with E-state index < -0.39 is 5.91 Å². The molecular weight excluding hydrogens is 368 g/mol. The Hall–Kier alpha value is -3.22. The summed E-state index contributed by atoms with van der Waals surface area (Å²) in [4.78, 5) is 25.6. The molecule has 0 saturated carbocycles. The van der Waals surface area contributed by atoms with Gasteiger partial charge in [0.25, 0.3) is 11.5 Å². The highest BCUT2D eigenvalue weighted by atomic mass is 16.3. The van der Waals surface area contributed by atoms with E-state index in [1.54, 1.807) is 31.2 Å². The molecule has 1 amide bonds. The molecule has 0 atom stereocenters. The van der Waals surface area contributed by atoms with Crippen LogP contribution >= 0.6 is 0 Å². The third-order valence-corrected chi connectivity index (χ3v) is 4.81. The van der Waals surface area contributed by atoms with Gasteiger partial charge in [-0.15, -0.1) is 0 Å². The number of carbonyl (C=O) groups excluding carboxylic acids is 1. The van der Waals surface area contributed by atoms with Gasteiger partial charge in [-0.2, -0.15) is 10.2 Å². The minimum absolute atomic E-state index is 0.183. The topological polar surface area (TPSA) is 89.5 Å². The van der Waals surface area contributed by atoms with Crippen LogP contribution in [0, 0.1) is 13.8 Å². The van der Waals surface area contributed by atoms with Crippen LogP contribution in [0.3, 0.4) is 0 Å². The number of nitrogens with zero attached hydrogens (tertiary/aromatic N) is 3. The van der Waals surface area contributed by atoms with E-state index in [9.17, 15) is 9.59 Å². The standard InChI is InChI=1S/C22H26N4O3/c1-5-6-9-12-26-22(28)18-11-8-7-10-17(18)20(25-26)21(27)24-23-15(3)19-13-14(2)29-16(19)4/h7-8,10-11,13H,5-6,9,12H2,1-4H3,(H,24,27)/b23-15-. The highest BCUT2D eigenvalue weighted by molar-refractivity contribution is 6.06. The lowest BCUT2D eigenvalue weighted by molar-refractivity contribution is 0.0949. The monoisotopic (exact) mass is 394 g/mol. The van der Waals surface area contributed by atoms with Crippen LogP contribution in [0.15, 0.2) is 44.6 Å². The Morgan fingerprint density at radius 3 is 2.59 bits per heavy atom. The minimum atomic E-state index is -0.456. The number of unbranched alkanes of at least 4 members (excludes halogenated alkanes) is 2. The molecule has 0 saturated heterocycles. The van der Waals surface area contributed by atoms with Gasteiger partial charge in [-0.25, -0.2) is 10.1 Å². The number of nitrogens with one attached hydrogen (secondary N) is 1. The molecule has 7 heteroatoms. The van der Waals surface area contributed by atoms with Gasteiger partial charge in [-0.05, 0) is 39.3 Å². The summed E-state index contributed by atoms with van der Waals surface area (Å²) in [6, 6.07) is 8.90. The third-order valence-electron chi connectivity index (χ3n) is 4.81. The molecule has 0 aliphatic heterocycles. The average molecular weight is 394 g/mol. The summed E-state index contributed by atoms with van der Waals surface area (Å²) >= 11 is 0. The number of aromatic nitrogens is 2. The van der Waals surface area contributed by atoms with E-state index in [1.807, 2.05) is 19.9 Å². The van der Waals surface area contributed by atoms with Crippen LogP contribution in [0.1, 0.15) is 60.7 Å². The first-order valence-electron chi connectivity index (χ1n) is 9.84. The smallest absolute Gasteiger partial charge is 0.292 e. The van der Waals surface area contributed by atoms with Gasteiger partial charge in [0.2, 0.25) is 0 Å². The van der Waals surface area contributed by atoms with Crippen molar-refractivity contribution >= 4 is 22.4 Å². The number of amides is 1. The molecule has 1 aromatic carbocycles. The fourth-order valence-corrected chi connectivity index (χ4v) is 3.30. The molecule has 3 aromatic rings. The number of carbonyl (C=O) groups is 1. The molecule has 0 fully saturated rings. The second-order valence-electron chi connectivity index (χ2n) is 7.09. The third kappa shape index (κ3) is 4.45. The van der Waals surface area contributed by atoms with E-state index in [4.69, 9.17) is 4.42 Å². The van der Waals surface area contributed by atoms with Crippen molar-refractivity contribution in [2.24, 2.45) is 5.10 Å². The van der Waals surface area contributed by atoms with Gasteiger partial charge in [-0.1, -0.05) is 38.0 Å². The number of hydrazone groups is 1. The SMILES string of the molecule is CCCCCn1nc(C(=O)N/N=C(/C)c2cc(C)oc2C)c2ccccc2c1=O. The summed E-state index contributed by atoms with van der Waals surface area (Å²) in [5.41, 5.74) is 4.05. The van der Waals surface area contributed by atoms with Crippen molar-refractivity contribution in [2.75, 3.05) is 0 Å². The molecule has 1 N–H and O–H groups in total. The van der Waals surface area contributed by atoms with Crippen molar-refractivity contribution in [1.82, 2.24) is 15.2 Å². The van der Waals surface area contributed by atoms with Gasteiger partial charge in [0, 0.05) is 17.5 Å². The summed E-state index contributed by atoms with van der Waals surface area (Å²) in [5, 5.41) is 9.55. The first-order valence-corrected chi connectivity index (χ1v) is 9.84. The Bertz CT molecular complexity index is 1120. The zero-order valence-electron chi connectivity index (χ0n) is 17.3. The summed E-state index contributed by atoms with van der Waals surface area (Å²) in [6.45, 7) is 8.09. The Labute approximate surface area is 169 Å². The molecule has 2 aromatic heterocycles. The first kappa shape index (κ1) is 20.5. The van der Waals surface area contributed by atoms with Crippen LogP contribution in [-0.4, -0.2) is 21.4 Å². The zero-order valence-corrected chi connectivity index (χ0v) is 17.3. The van der Waals surface area contributed by atoms with E-state index in [1.165, 1.54) is 4.68 Å². The molecule has 0 unspecified atom stereocenters. The van der Waals surface area contributed by atoms with Gasteiger partial charge >= 0.3 is 0 Å². The van der Waals surface area contributed by atoms with Gasteiger partial charge in [0.15, 0.2) is 5.69 Å². The molecule has 152 valence electrons. The van der Waals surface area contributed by atoms with Crippen molar-refractivity contribution in [2.45, 2.75) is 53.5 Å². The highest BCUT2D eigenvalue weighted by Crippen LogP contribution is 2.16. The van der Waals surface area contributed by atoms with Gasteiger partial charge < -0.3 is 4.42 Å². The molecule has 7 nitrogen and oxygen atoms in total. The maximum absolute atomic E-state index is 12.9. The summed E-state index contributed by atoms with van der Waals surface area (Å²) in [7, 11) is 0. The van der Waals surface area contributed by atoms with Crippen LogP contribution < -0.4 is 11.0 Å². The number of rotatable bonds is 7. The molecule has 0 aliphatic carbocycles. The Balaban J connectivity index is 1.94. The second kappa shape index (κ2) is 8.86. The molecule has 0 spiro atoms. The quantitative estimate of drug-likeness (QED) is 0.373. The highest BCUT2D eigenvalue weighted by Gasteiger charge is 2.17. The Morgan fingerprint density at radius 2 is 1.93 bits per heavy atom. The lowest BCUT2D eigenvalue weighted by atomic mass is 10.1. The summed E-state index contributed by atoms with van der Waals surface area (Å²) < 4.78 is 6.90. The van der Waals surface area contributed by atoms with Crippen LogP contribution in [0.4, 0.5) is 0 Å². The number of fused-ring (bicyclic) bond motifs is 1. The van der Waals surface area contributed by atoms with Crippen LogP contribution in [-0.2, 0) is 6.54 Å². The maximum Gasteiger partial charge on any atom is 0.292 e. The minimum Gasteiger partial charge on any atom is -0.466 e. The zero-order chi connectivity index (χ0) is 21.0. The Morgan fingerprint density at radius 1 is 1.21 bits per heavy atom. The molecule has 0 aliphatic rings. The second-order valence-corrected chi connectivity index (χ2v) is 7.09. The largest absolute Gasteiger partial charge is 0.466 e. The van der Waals surface area contributed by atoms with Crippen molar-refractivity contribution in [3.05, 3.63) is 63.5 Å². The van der Waals surface area contributed by atoms with Crippen molar-refractivity contribution in [3.8, 4) is 0 Å². The van der Waals surface area contributed by atoms with Gasteiger partial charge in [0.1, 0.15) is 11.5 Å². The molecule has 3 rings (SSSR count). The number of hydrogen-bond acceptors (Lipinski definition) is 5. The molecule has 0 radical (unpaired) electrons. The van der Waals surface area contributed by atoms with E-state index in [2.05, 4.69) is 22.5 Å². The van der Waals surface area contributed by atoms with Crippen molar-refractivity contribution in [3.63, 3.8) is 0 Å². The predicted octanol–water partition coefficient (Wildman–Crippen LogP) is 3.95. The predicted molar refractivity (Wildman–Crippen MR) is 113 cm³/mol. The Kier molecular flexibility index (Phi) is 6.26. The molecule has 29 heavy (non-hydrogen) atoms. The first-order chi connectivity index (χ1) is 13.9. The van der Waals surface area contributed by atoms with Crippen LogP contribution in [0.2, 0.25) is 0 Å².